The van der Waals surface area contributed by atoms with Gasteiger partial charge in [0.15, 0.2) is 0 Å². The first-order valence-corrected chi connectivity index (χ1v) is 12.0. The van der Waals surface area contributed by atoms with Crippen LogP contribution in [0, 0.1) is 11.8 Å². The second-order valence-corrected chi connectivity index (χ2v) is 10.5. The molecule has 0 saturated heterocycles. The fraction of sp³-hybridized carbons (Fsp3) is 0.333. The minimum Gasteiger partial charge on any atom is -0.428 e. The molecule has 1 aliphatic carbocycles. The number of fused-ring (bicyclic) bond motifs is 3. The van der Waals surface area contributed by atoms with Crippen LogP contribution in [0.2, 0.25) is 0 Å². The van der Waals surface area contributed by atoms with Gasteiger partial charge in [-0.1, -0.05) is 30.3 Å². The lowest BCUT2D eigenvalue weighted by molar-refractivity contribution is 0.279. The standard InChI is InChI=1S/C21H24BN5O3S/c1-27(12-14-5-3-2-4-6-14)31(29,30)13-15-9-16(10-15)20-19-17-7-8-23-21(17)24-11-18(19)22(28)26-25-20/h2-8,11,15-16,26,28H,9-10,12-13H2,1H3,(H,23,24)/t15-,16-. The first kappa shape index (κ1) is 20.2. The van der Waals surface area contributed by atoms with E-state index in [1.54, 1.807) is 13.2 Å². The smallest absolute Gasteiger partial charge is 0.428 e. The molecule has 1 aromatic carbocycles. The monoisotopic (exact) mass is 437 g/mol. The molecule has 31 heavy (non-hydrogen) atoms. The van der Waals surface area contributed by atoms with Crippen molar-refractivity contribution >= 4 is 39.3 Å². The summed E-state index contributed by atoms with van der Waals surface area (Å²) in [6, 6.07) is 11.6. The molecular weight excluding hydrogens is 413 g/mol. The molecule has 8 nitrogen and oxygen atoms in total. The van der Waals surface area contributed by atoms with Gasteiger partial charge in [0, 0.05) is 48.3 Å². The molecule has 2 aromatic heterocycles. The van der Waals surface area contributed by atoms with Crippen molar-refractivity contribution < 1.29 is 13.4 Å². The highest BCUT2D eigenvalue weighted by atomic mass is 32.2. The number of H-pyrrole nitrogens is 1. The lowest BCUT2D eigenvalue weighted by Gasteiger charge is -2.38. The molecule has 3 heterocycles. The Hall–Kier alpha value is -2.69. The Labute approximate surface area is 181 Å². The number of aromatic nitrogens is 2. The van der Waals surface area contributed by atoms with Crippen LogP contribution in [0.3, 0.4) is 0 Å². The maximum Gasteiger partial charge on any atom is 0.465 e. The van der Waals surface area contributed by atoms with Crippen LogP contribution >= 0.6 is 0 Å². The summed E-state index contributed by atoms with van der Waals surface area (Å²) in [5.41, 5.74) is 4.21. The molecule has 3 aromatic rings. The van der Waals surface area contributed by atoms with Gasteiger partial charge in [0.1, 0.15) is 5.65 Å². The topological polar surface area (TPSA) is 111 Å². The van der Waals surface area contributed by atoms with Crippen LogP contribution < -0.4 is 10.8 Å². The van der Waals surface area contributed by atoms with Crippen LogP contribution in [0.4, 0.5) is 0 Å². The van der Waals surface area contributed by atoms with Gasteiger partial charge in [-0.2, -0.15) is 5.10 Å². The number of pyridine rings is 1. The number of nitrogens with one attached hydrogen (secondary N) is 2. The number of hydrazone groups is 1. The van der Waals surface area contributed by atoms with Gasteiger partial charge in [0.2, 0.25) is 10.0 Å². The second-order valence-electron chi connectivity index (χ2n) is 8.41. The van der Waals surface area contributed by atoms with Crippen molar-refractivity contribution in [3.8, 4) is 0 Å². The zero-order valence-corrected chi connectivity index (χ0v) is 18.0. The average molecular weight is 437 g/mol. The van der Waals surface area contributed by atoms with Crippen LogP contribution in [0.1, 0.15) is 24.0 Å². The molecule has 160 valence electrons. The van der Waals surface area contributed by atoms with Gasteiger partial charge < -0.3 is 15.3 Å². The predicted octanol–water partition coefficient (Wildman–Crippen LogP) is 1.05. The van der Waals surface area contributed by atoms with Crippen LogP contribution in [-0.4, -0.2) is 53.3 Å². The average Bonchev–Trinajstić information content (AvgIpc) is 3.21. The van der Waals surface area contributed by atoms with Crippen molar-refractivity contribution in [2.24, 2.45) is 16.9 Å². The third-order valence-corrected chi connectivity index (χ3v) is 8.24. The van der Waals surface area contributed by atoms with Crippen LogP contribution in [-0.2, 0) is 16.6 Å². The molecule has 0 radical (unpaired) electrons. The van der Waals surface area contributed by atoms with E-state index in [-0.39, 0.29) is 17.6 Å². The minimum absolute atomic E-state index is 0.0924. The Balaban J connectivity index is 1.28. The highest BCUT2D eigenvalue weighted by molar-refractivity contribution is 7.89. The van der Waals surface area contributed by atoms with E-state index in [1.807, 2.05) is 42.6 Å². The number of sulfonamides is 1. The summed E-state index contributed by atoms with van der Waals surface area (Å²) >= 11 is 0. The molecule has 10 heteroatoms. The Kier molecular flexibility index (Phi) is 5.08. The Morgan fingerprint density at radius 3 is 2.77 bits per heavy atom. The van der Waals surface area contributed by atoms with E-state index < -0.39 is 17.1 Å². The molecule has 3 N–H and O–H groups in total. The number of aromatic amines is 1. The normalized spacial score (nSPS) is 20.9. The predicted molar refractivity (Wildman–Crippen MR) is 121 cm³/mol. The second kappa shape index (κ2) is 7.78. The first-order chi connectivity index (χ1) is 14.9. The van der Waals surface area contributed by atoms with E-state index in [1.165, 1.54) is 4.31 Å². The van der Waals surface area contributed by atoms with Crippen molar-refractivity contribution in [3.63, 3.8) is 0 Å². The zero-order chi connectivity index (χ0) is 21.6. The van der Waals surface area contributed by atoms with Crippen LogP contribution in [0.25, 0.3) is 11.0 Å². The fourth-order valence-corrected chi connectivity index (χ4v) is 6.00. The molecule has 1 aliphatic heterocycles. The van der Waals surface area contributed by atoms with E-state index >= 15 is 0 Å². The van der Waals surface area contributed by atoms with Crippen LogP contribution in [0.15, 0.2) is 53.9 Å². The Bertz CT molecular complexity index is 1240. The summed E-state index contributed by atoms with van der Waals surface area (Å²) in [6.45, 7) is 0.375. The van der Waals surface area contributed by atoms with Crippen molar-refractivity contribution in [2.45, 2.75) is 19.4 Å². The summed E-state index contributed by atoms with van der Waals surface area (Å²) in [5, 5.41) is 18.4. The summed E-state index contributed by atoms with van der Waals surface area (Å²) in [7, 11) is -2.60. The van der Waals surface area contributed by atoms with Gasteiger partial charge >= 0.3 is 7.05 Å². The van der Waals surface area contributed by atoms with Gasteiger partial charge in [-0.05, 0) is 30.4 Å². The Morgan fingerprint density at radius 2 is 2.00 bits per heavy atom. The largest absolute Gasteiger partial charge is 0.465 e. The number of hydrogen-bond donors (Lipinski definition) is 3. The maximum absolute atomic E-state index is 12.8. The van der Waals surface area contributed by atoms with Crippen molar-refractivity contribution in [3.05, 3.63) is 59.9 Å². The van der Waals surface area contributed by atoms with Gasteiger partial charge in [0.05, 0.1) is 11.5 Å². The van der Waals surface area contributed by atoms with Gasteiger partial charge in [-0.25, -0.2) is 17.7 Å². The molecule has 0 spiro atoms. The zero-order valence-electron chi connectivity index (χ0n) is 17.2. The van der Waals surface area contributed by atoms with Gasteiger partial charge in [-0.3, -0.25) is 0 Å². The van der Waals surface area contributed by atoms with Crippen molar-refractivity contribution in [1.29, 1.82) is 0 Å². The molecule has 0 atom stereocenters. The lowest BCUT2D eigenvalue weighted by atomic mass is 9.65. The number of rotatable bonds is 6. The first-order valence-electron chi connectivity index (χ1n) is 10.4. The third kappa shape index (κ3) is 3.75. The minimum atomic E-state index is -3.34. The van der Waals surface area contributed by atoms with E-state index in [2.05, 4.69) is 20.4 Å². The number of nitrogens with zero attached hydrogens (tertiary/aromatic N) is 3. The highest BCUT2D eigenvalue weighted by Gasteiger charge is 2.40. The fourth-order valence-electron chi connectivity index (χ4n) is 4.53. The summed E-state index contributed by atoms with van der Waals surface area (Å²) in [4.78, 5) is 7.46. The SMILES string of the molecule is CN(Cc1ccccc1)S(=O)(=O)C[C@H]1C[C@H](C2=NNB(O)c3cnc4[nH]ccc4c32)C1. The van der Waals surface area contributed by atoms with Gasteiger partial charge in [-0.15, -0.1) is 0 Å². The van der Waals surface area contributed by atoms with E-state index in [4.69, 9.17) is 0 Å². The van der Waals surface area contributed by atoms with E-state index in [0.29, 0.717) is 12.0 Å². The molecule has 1 saturated carbocycles. The number of benzene rings is 1. The van der Waals surface area contributed by atoms with Gasteiger partial charge in [0.25, 0.3) is 0 Å². The quantitative estimate of drug-likeness (QED) is 0.500. The van der Waals surface area contributed by atoms with E-state index in [9.17, 15) is 13.4 Å². The maximum atomic E-state index is 12.8. The lowest BCUT2D eigenvalue weighted by Crippen LogP contribution is -2.52. The Morgan fingerprint density at radius 1 is 1.23 bits per heavy atom. The summed E-state index contributed by atoms with van der Waals surface area (Å²) in [5.74, 6) is 0.382. The molecule has 1 fully saturated rings. The molecule has 2 aliphatic rings. The molecular formula is C21H24BN5O3S. The van der Waals surface area contributed by atoms with E-state index in [0.717, 1.165) is 40.7 Å². The van der Waals surface area contributed by atoms with Crippen LogP contribution in [0.5, 0.6) is 0 Å². The molecule has 0 bridgehead atoms. The molecule has 0 unspecified atom stereocenters. The summed E-state index contributed by atoms with van der Waals surface area (Å²) < 4.78 is 27.1. The number of hydrogen-bond acceptors (Lipinski definition) is 6. The third-order valence-electron chi connectivity index (χ3n) is 6.27. The molecule has 0 amide bonds. The van der Waals surface area contributed by atoms with Crippen molar-refractivity contribution in [1.82, 2.24) is 19.6 Å². The highest BCUT2D eigenvalue weighted by Crippen LogP contribution is 2.39. The molecule has 5 rings (SSSR count). The van der Waals surface area contributed by atoms with Crippen molar-refractivity contribution in [2.75, 3.05) is 12.8 Å². The summed E-state index contributed by atoms with van der Waals surface area (Å²) in [6.07, 6.45) is 4.99.